The van der Waals surface area contributed by atoms with Gasteiger partial charge in [0.25, 0.3) is 0 Å². The van der Waals surface area contributed by atoms with Crippen LogP contribution >= 0.6 is 11.6 Å². The van der Waals surface area contributed by atoms with E-state index >= 15 is 0 Å². The topological polar surface area (TPSA) is 12.9 Å². The summed E-state index contributed by atoms with van der Waals surface area (Å²) in [5.41, 5.74) is 0. The van der Waals surface area contributed by atoms with Crippen molar-refractivity contribution in [3.8, 4) is 0 Å². The van der Waals surface area contributed by atoms with Gasteiger partial charge < -0.3 is 0 Å². The minimum atomic E-state index is -0.481. The van der Waals surface area contributed by atoms with E-state index in [0.717, 1.165) is 6.07 Å². The van der Waals surface area contributed by atoms with Crippen LogP contribution in [0, 0.1) is 11.9 Å². The molecule has 0 aliphatic heterocycles. The van der Waals surface area contributed by atoms with Gasteiger partial charge >= 0.3 is 0 Å². The van der Waals surface area contributed by atoms with E-state index in [9.17, 15) is 4.39 Å². The van der Waals surface area contributed by atoms with E-state index in [1.807, 2.05) is 0 Å². The average Bonchev–Trinajstić information content (AvgIpc) is 1.64. The van der Waals surface area contributed by atoms with Crippen LogP contribution < -0.4 is 0 Å². The van der Waals surface area contributed by atoms with Crippen LogP contribution in [0.5, 0.6) is 0 Å². The van der Waals surface area contributed by atoms with Crippen LogP contribution in [0.15, 0.2) is 12.3 Å². The molecule has 0 bridgehead atoms. The van der Waals surface area contributed by atoms with Crippen molar-refractivity contribution in [1.29, 1.82) is 0 Å². The first-order valence-electron chi connectivity index (χ1n) is 1.98. The SMILES string of the molecule is Fc1[c-]cnc(Cl)c1.[Y]. The Hall–Kier alpha value is 0.474. The van der Waals surface area contributed by atoms with Gasteiger partial charge in [0.05, 0.1) is 0 Å². The van der Waals surface area contributed by atoms with E-state index in [1.54, 1.807) is 0 Å². The molecule has 45 valence electrons. The molecular formula is C5H2ClFNY-. The predicted octanol–water partition coefficient (Wildman–Crippen LogP) is 1.67. The summed E-state index contributed by atoms with van der Waals surface area (Å²) in [6.07, 6.45) is 1.19. The van der Waals surface area contributed by atoms with Crippen molar-refractivity contribution in [2.75, 3.05) is 0 Å². The van der Waals surface area contributed by atoms with Crippen LogP contribution in [0.25, 0.3) is 0 Å². The average molecular weight is 219 g/mol. The molecule has 4 heteroatoms. The van der Waals surface area contributed by atoms with Crippen LogP contribution in [-0.2, 0) is 32.7 Å². The molecule has 1 heterocycles. The summed E-state index contributed by atoms with van der Waals surface area (Å²) in [4.78, 5) is 3.51. The normalized spacial score (nSPS) is 8.22. The summed E-state index contributed by atoms with van der Waals surface area (Å²) in [6, 6.07) is 3.31. The van der Waals surface area contributed by atoms with Gasteiger partial charge in [0, 0.05) is 37.9 Å². The number of nitrogens with zero attached hydrogens (tertiary/aromatic N) is 1. The van der Waals surface area contributed by atoms with E-state index in [1.165, 1.54) is 6.20 Å². The molecule has 1 radical (unpaired) electrons. The second-order valence-corrected chi connectivity index (χ2v) is 1.60. The Morgan fingerprint density at radius 1 is 1.67 bits per heavy atom. The Morgan fingerprint density at radius 2 is 2.33 bits per heavy atom. The smallest absolute Gasteiger partial charge is 0.0498 e. The van der Waals surface area contributed by atoms with E-state index in [0.29, 0.717) is 0 Å². The monoisotopic (exact) mass is 219 g/mol. The molecule has 0 saturated carbocycles. The van der Waals surface area contributed by atoms with Gasteiger partial charge in [-0.05, 0) is 5.82 Å². The van der Waals surface area contributed by atoms with E-state index < -0.39 is 5.82 Å². The van der Waals surface area contributed by atoms with Crippen LogP contribution in [0.1, 0.15) is 0 Å². The molecule has 0 aliphatic carbocycles. The number of hydrogen-bond donors (Lipinski definition) is 0. The van der Waals surface area contributed by atoms with Gasteiger partial charge in [-0.1, -0.05) is 17.8 Å². The number of aromatic nitrogens is 1. The summed E-state index contributed by atoms with van der Waals surface area (Å²) in [5.74, 6) is -0.481. The molecule has 0 spiro atoms. The molecule has 0 aromatic carbocycles. The minimum Gasteiger partial charge on any atom is -0.284 e. The second kappa shape index (κ2) is 4.31. The van der Waals surface area contributed by atoms with Crippen LogP contribution in [-0.4, -0.2) is 4.98 Å². The van der Waals surface area contributed by atoms with Crippen molar-refractivity contribution in [1.82, 2.24) is 4.98 Å². The third kappa shape index (κ3) is 3.24. The standard InChI is InChI=1S/C5H2ClFN.Y/c6-5-3-4(7)1-2-8-5;/h2-3H;/q-1;. The zero-order valence-electron chi connectivity index (χ0n) is 4.44. The van der Waals surface area contributed by atoms with Crippen molar-refractivity contribution in [3.63, 3.8) is 0 Å². The molecule has 9 heavy (non-hydrogen) atoms. The molecule has 0 atom stereocenters. The number of rotatable bonds is 0. The Labute approximate surface area is 82.5 Å². The number of hydrogen-bond acceptors (Lipinski definition) is 1. The van der Waals surface area contributed by atoms with Gasteiger partial charge in [-0.25, -0.2) is 4.39 Å². The predicted molar refractivity (Wildman–Crippen MR) is 28.0 cm³/mol. The molecule has 1 aromatic rings. The Balaban J connectivity index is 0.000000640. The first-order chi connectivity index (χ1) is 3.79. The maximum Gasteiger partial charge on any atom is 0.0498 e. The van der Waals surface area contributed by atoms with Crippen LogP contribution in [0.3, 0.4) is 0 Å². The summed E-state index contributed by atoms with van der Waals surface area (Å²) in [5, 5.41) is 0.154. The maximum absolute atomic E-state index is 12.0. The molecule has 0 fully saturated rings. The van der Waals surface area contributed by atoms with Crippen LogP contribution in [0.2, 0.25) is 5.15 Å². The molecule has 1 rings (SSSR count). The van der Waals surface area contributed by atoms with Crippen molar-refractivity contribution in [2.24, 2.45) is 0 Å². The quantitative estimate of drug-likeness (QED) is 0.478. The Kier molecular flexibility index (Phi) is 4.54. The number of halogens is 2. The third-order valence-electron chi connectivity index (χ3n) is 0.636. The number of pyridine rings is 1. The fraction of sp³-hybridized carbons (Fsp3) is 0. The summed E-state index contributed by atoms with van der Waals surface area (Å²) in [7, 11) is 0. The third-order valence-corrected chi connectivity index (χ3v) is 0.843. The molecule has 0 N–H and O–H groups in total. The molecule has 0 aliphatic rings. The molecule has 1 aromatic heterocycles. The molecule has 0 saturated heterocycles. The van der Waals surface area contributed by atoms with Gasteiger partial charge in [-0.15, -0.1) is 6.07 Å². The van der Waals surface area contributed by atoms with Crippen molar-refractivity contribution >= 4 is 11.6 Å². The molecule has 0 amide bonds. The first-order valence-corrected chi connectivity index (χ1v) is 2.35. The fourth-order valence-electron chi connectivity index (χ4n) is 0.339. The molecule has 0 unspecified atom stereocenters. The van der Waals surface area contributed by atoms with E-state index in [4.69, 9.17) is 11.6 Å². The van der Waals surface area contributed by atoms with E-state index in [-0.39, 0.29) is 37.9 Å². The van der Waals surface area contributed by atoms with Gasteiger partial charge in [0.15, 0.2) is 0 Å². The van der Waals surface area contributed by atoms with Crippen LogP contribution in [0.4, 0.5) is 4.39 Å². The first kappa shape index (κ1) is 9.47. The molecule has 1 nitrogen and oxygen atoms in total. The zero-order chi connectivity index (χ0) is 5.98. The largest absolute Gasteiger partial charge is 0.284 e. The Morgan fingerprint density at radius 3 is 2.67 bits per heavy atom. The molecular weight excluding hydrogens is 217 g/mol. The van der Waals surface area contributed by atoms with Crippen molar-refractivity contribution < 1.29 is 37.1 Å². The van der Waals surface area contributed by atoms with Crippen molar-refractivity contribution in [2.45, 2.75) is 0 Å². The van der Waals surface area contributed by atoms with Gasteiger partial charge in [0.1, 0.15) is 0 Å². The van der Waals surface area contributed by atoms with E-state index in [2.05, 4.69) is 11.1 Å². The van der Waals surface area contributed by atoms with Gasteiger partial charge in [-0.2, -0.15) is 6.07 Å². The zero-order valence-corrected chi connectivity index (χ0v) is 8.03. The summed E-state index contributed by atoms with van der Waals surface area (Å²) >= 11 is 5.27. The Bertz CT molecular complexity index is 177. The van der Waals surface area contributed by atoms with Gasteiger partial charge in [0.2, 0.25) is 0 Å². The second-order valence-electron chi connectivity index (χ2n) is 1.22. The maximum atomic E-state index is 12.0. The van der Waals surface area contributed by atoms with Gasteiger partial charge in [-0.3, -0.25) is 4.98 Å². The minimum absolute atomic E-state index is 0. The fourth-order valence-corrected chi connectivity index (χ4v) is 0.484. The van der Waals surface area contributed by atoms with Crippen molar-refractivity contribution in [3.05, 3.63) is 29.3 Å². The summed E-state index contributed by atoms with van der Waals surface area (Å²) < 4.78 is 12.0. The summed E-state index contributed by atoms with van der Waals surface area (Å²) in [6.45, 7) is 0.